The second-order valence-corrected chi connectivity index (χ2v) is 19.3. The number of carbonyl (C=O) groups excluding carboxylic acids is 3. The van der Waals surface area contributed by atoms with Gasteiger partial charge in [0.05, 0.1) is 0 Å². The summed E-state index contributed by atoms with van der Waals surface area (Å²) in [5.41, 5.74) is 0. The molecule has 0 aromatic heterocycles. The van der Waals surface area contributed by atoms with Crippen molar-refractivity contribution in [3.05, 3.63) is 72.9 Å². The van der Waals surface area contributed by atoms with Crippen LogP contribution in [0.2, 0.25) is 0 Å². The summed E-state index contributed by atoms with van der Waals surface area (Å²) in [5, 5.41) is 0. The van der Waals surface area contributed by atoms with E-state index in [-0.39, 0.29) is 31.1 Å². The molecule has 0 radical (unpaired) electrons. The van der Waals surface area contributed by atoms with Crippen molar-refractivity contribution in [1.82, 2.24) is 0 Å². The predicted octanol–water partition coefficient (Wildman–Crippen LogP) is 19.4. The van der Waals surface area contributed by atoms with Gasteiger partial charge in [-0.3, -0.25) is 14.4 Å². The Morgan fingerprint density at radius 3 is 0.956 bits per heavy atom. The molecule has 0 saturated heterocycles. The number of unbranched alkanes of at least 4 members (excludes halogenated alkanes) is 32. The smallest absolute Gasteiger partial charge is 0.306 e. The Morgan fingerprint density at radius 2 is 0.588 bits per heavy atom. The topological polar surface area (TPSA) is 78.9 Å². The van der Waals surface area contributed by atoms with E-state index in [1.807, 2.05) is 30.4 Å². The van der Waals surface area contributed by atoms with E-state index < -0.39 is 6.10 Å². The SMILES string of the molecule is CC\C=C/C=C\C=C/C=C\CCCCCC(=O)OCC(COC(=O)CCCCCCCCC/C=C\CCCCCCCCCC)OC(=O)CCCCCCC/C=C\CCCCCCCCCCC. The molecule has 0 amide bonds. The Labute approximate surface area is 421 Å². The van der Waals surface area contributed by atoms with Crippen LogP contribution in [0.15, 0.2) is 72.9 Å². The van der Waals surface area contributed by atoms with E-state index in [4.69, 9.17) is 14.2 Å². The van der Waals surface area contributed by atoms with E-state index in [2.05, 4.69) is 63.3 Å². The highest BCUT2D eigenvalue weighted by atomic mass is 16.6. The summed E-state index contributed by atoms with van der Waals surface area (Å²) < 4.78 is 16.8. The molecule has 0 saturated carbocycles. The standard InChI is InChI=1S/C62H108O6/c1-4-7-10-13-16-19-22-25-27-29-31-33-34-37-40-43-46-49-52-55-61(64)67-58-59(57-66-60(63)54-51-48-45-42-39-36-24-21-18-15-12-9-6-3)68-62(65)56-53-50-47-44-41-38-35-32-30-28-26-23-20-17-14-11-8-5-2/h9,12,15,18,21,24,29,31-32,35-36,39,59H,4-8,10-11,13-14,16-17,19-20,22-23,25-28,30,33-34,37-38,40-58H2,1-3H3/b12-9-,18-15-,24-21-,31-29-,35-32-,39-36-. The van der Waals surface area contributed by atoms with Gasteiger partial charge in [0.2, 0.25) is 0 Å². The van der Waals surface area contributed by atoms with Crippen molar-refractivity contribution in [2.75, 3.05) is 13.2 Å². The number of hydrogen-bond acceptors (Lipinski definition) is 6. The Balaban J connectivity index is 4.40. The molecule has 392 valence electrons. The molecule has 0 spiro atoms. The van der Waals surface area contributed by atoms with E-state index in [0.717, 1.165) is 83.5 Å². The van der Waals surface area contributed by atoms with Crippen molar-refractivity contribution in [1.29, 1.82) is 0 Å². The first-order valence-electron chi connectivity index (χ1n) is 29.0. The first kappa shape index (κ1) is 64.8. The second-order valence-electron chi connectivity index (χ2n) is 19.3. The van der Waals surface area contributed by atoms with Gasteiger partial charge in [-0.05, 0) is 89.9 Å². The third-order valence-corrected chi connectivity index (χ3v) is 12.5. The molecule has 1 atom stereocenters. The molecular weight excluding hydrogens is 841 g/mol. The number of hydrogen-bond donors (Lipinski definition) is 0. The Morgan fingerprint density at radius 1 is 0.309 bits per heavy atom. The molecule has 0 fully saturated rings. The van der Waals surface area contributed by atoms with Crippen LogP contribution < -0.4 is 0 Å². The maximum atomic E-state index is 12.9. The van der Waals surface area contributed by atoms with Crippen molar-refractivity contribution >= 4 is 17.9 Å². The Kier molecular flexibility index (Phi) is 53.8. The van der Waals surface area contributed by atoms with Crippen molar-refractivity contribution in [2.24, 2.45) is 0 Å². The van der Waals surface area contributed by atoms with E-state index in [0.29, 0.717) is 19.3 Å². The number of carbonyl (C=O) groups is 3. The zero-order chi connectivity index (χ0) is 49.3. The van der Waals surface area contributed by atoms with Gasteiger partial charge in [0.25, 0.3) is 0 Å². The molecule has 6 nitrogen and oxygen atoms in total. The van der Waals surface area contributed by atoms with Crippen molar-refractivity contribution in [3.8, 4) is 0 Å². The molecule has 0 aliphatic rings. The van der Waals surface area contributed by atoms with Crippen LogP contribution in [-0.2, 0) is 28.6 Å². The van der Waals surface area contributed by atoms with E-state index in [1.54, 1.807) is 0 Å². The lowest BCUT2D eigenvalue weighted by Gasteiger charge is -2.18. The number of allylic oxidation sites excluding steroid dienone is 12. The van der Waals surface area contributed by atoms with E-state index >= 15 is 0 Å². The maximum absolute atomic E-state index is 12.9. The van der Waals surface area contributed by atoms with Crippen LogP contribution in [-0.4, -0.2) is 37.2 Å². The van der Waals surface area contributed by atoms with E-state index in [1.165, 1.54) is 161 Å². The highest BCUT2D eigenvalue weighted by Gasteiger charge is 2.19. The Bertz CT molecular complexity index is 1270. The molecular formula is C62H108O6. The van der Waals surface area contributed by atoms with Gasteiger partial charge in [0.1, 0.15) is 13.2 Å². The molecule has 0 rings (SSSR count). The predicted molar refractivity (Wildman–Crippen MR) is 293 cm³/mol. The fraction of sp³-hybridized carbons (Fsp3) is 0.758. The zero-order valence-electron chi connectivity index (χ0n) is 44.9. The lowest BCUT2D eigenvalue weighted by molar-refractivity contribution is -0.167. The van der Waals surface area contributed by atoms with Gasteiger partial charge in [-0.1, -0.05) is 248 Å². The van der Waals surface area contributed by atoms with Gasteiger partial charge < -0.3 is 14.2 Å². The maximum Gasteiger partial charge on any atom is 0.306 e. The third kappa shape index (κ3) is 53.8. The van der Waals surface area contributed by atoms with E-state index in [9.17, 15) is 14.4 Å². The van der Waals surface area contributed by atoms with Crippen molar-refractivity contribution in [3.63, 3.8) is 0 Å². The van der Waals surface area contributed by atoms with Crippen LogP contribution in [0.1, 0.15) is 284 Å². The molecule has 0 aliphatic carbocycles. The molecule has 68 heavy (non-hydrogen) atoms. The minimum atomic E-state index is -0.798. The normalized spacial score (nSPS) is 12.6. The summed E-state index contributed by atoms with van der Waals surface area (Å²) in [4.78, 5) is 38.1. The summed E-state index contributed by atoms with van der Waals surface area (Å²) in [7, 11) is 0. The summed E-state index contributed by atoms with van der Waals surface area (Å²) >= 11 is 0. The average molecular weight is 950 g/mol. The lowest BCUT2D eigenvalue weighted by atomic mass is 10.1. The summed E-state index contributed by atoms with van der Waals surface area (Å²) in [6.45, 7) is 6.48. The van der Waals surface area contributed by atoms with Crippen LogP contribution in [0.3, 0.4) is 0 Å². The monoisotopic (exact) mass is 949 g/mol. The average Bonchev–Trinajstić information content (AvgIpc) is 3.34. The van der Waals surface area contributed by atoms with Crippen LogP contribution in [0, 0.1) is 0 Å². The molecule has 0 aromatic rings. The van der Waals surface area contributed by atoms with Crippen molar-refractivity contribution in [2.45, 2.75) is 290 Å². The third-order valence-electron chi connectivity index (χ3n) is 12.5. The minimum absolute atomic E-state index is 0.0932. The van der Waals surface area contributed by atoms with Gasteiger partial charge in [0, 0.05) is 19.3 Å². The molecule has 0 N–H and O–H groups in total. The quantitative estimate of drug-likeness (QED) is 0.0199. The van der Waals surface area contributed by atoms with Crippen LogP contribution in [0.25, 0.3) is 0 Å². The number of esters is 3. The number of ether oxygens (including phenoxy) is 3. The summed E-state index contributed by atoms with van der Waals surface area (Å²) in [5.74, 6) is -0.938. The van der Waals surface area contributed by atoms with Crippen LogP contribution in [0.5, 0.6) is 0 Å². The van der Waals surface area contributed by atoms with Gasteiger partial charge in [0.15, 0.2) is 6.10 Å². The van der Waals surface area contributed by atoms with Gasteiger partial charge in [-0.15, -0.1) is 0 Å². The van der Waals surface area contributed by atoms with Gasteiger partial charge in [-0.2, -0.15) is 0 Å². The first-order valence-corrected chi connectivity index (χ1v) is 29.0. The van der Waals surface area contributed by atoms with Crippen LogP contribution >= 0.6 is 0 Å². The number of rotatable bonds is 52. The first-order chi connectivity index (χ1) is 33.5. The minimum Gasteiger partial charge on any atom is -0.462 e. The molecule has 0 aliphatic heterocycles. The van der Waals surface area contributed by atoms with Crippen molar-refractivity contribution < 1.29 is 28.6 Å². The summed E-state index contributed by atoms with van der Waals surface area (Å²) in [6.07, 6.45) is 71.8. The van der Waals surface area contributed by atoms with Gasteiger partial charge >= 0.3 is 17.9 Å². The molecule has 0 aromatic carbocycles. The molecule has 1 unspecified atom stereocenters. The fourth-order valence-corrected chi connectivity index (χ4v) is 8.15. The highest BCUT2D eigenvalue weighted by molar-refractivity contribution is 5.71. The van der Waals surface area contributed by atoms with Gasteiger partial charge in [-0.25, -0.2) is 0 Å². The second kappa shape index (κ2) is 56.4. The zero-order valence-corrected chi connectivity index (χ0v) is 44.9. The van der Waals surface area contributed by atoms with Crippen LogP contribution in [0.4, 0.5) is 0 Å². The largest absolute Gasteiger partial charge is 0.462 e. The molecule has 0 bridgehead atoms. The highest BCUT2D eigenvalue weighted by Crippen LogP contribution is 2.15. The fourth-order valence-electron chi connectivity index (χ4n) is 8.15. The molecule has 6 heteroatoms. The Hall–Kier alpha value is -3.15. The molecule has 0 heterocycles. The summed E-state index contributed by atoms with van der Waals surface area (Å²) in [6, 6.07) is 0. The lowest BCUT2D eigenvalue weighted by Crippen LogP contribution is -2.30.